The third kappa shape index (κ3) is 5.73. The fourth-order valence-electron chi connectivity index (χ4n) is 2.95. The number of nitrogens with one attached hydrogen (secondary N) is 2. The van der Waals surface area contributed by atoms with Gasteiger partial charge in [-0.25, -0.2) is 13.1 Å². The van der Waals surface area contributed by atoms with Crippen molar-refractivity contribution in [2.24, 2.45) is 18.7 Å². The fraction of sp³-hybridized carbons (Fsp3) is 0.714. The lowest BCUT2D eigenvalue weighted by atomic mass is 9.84. The molecule has 138 valence electrons. The van der Waals surface area contributed by atoms with Crippen LogP contribution in [0.25, 0.3) is 0 Å². The molecule has 1 aromatic heterocycles. The maximum Gasteiger partial charge on any atom is 0.244 e. The van der Waals surface area contributed by atoms with E-state index in [1.165, 1.54) is 23.5 Å². The van der Waals surface area contributed by atoms with E-state index in [4.69, 9.17) is 5.73 Å². The lowest BCUT2D eigenvalue weighted by Gasteiger charge is -2.30. The van der Waals surface area contributed by atoms with Crippen molar-refractivity contribution >= 4 is 28.3 Å². The van der Waals surface area contributed by atoms with E-state index < -0.39 is 10.0 Å². The van der Waals surface area contributed by atoms with Crippen LogP contribution in [-0.2, 0) is 21.9 Å². The van der Waals surface area contributed by atoms with Crippen molar-refractivity contribution in [2.45, 2.75) is 43.0 Å². The van der Waals surface area contributed by atoms with Crippen molar-refractivity contribution in [3.8, 4) is 0 Å². The molecule has 1 amide bonds. The Hall–Kier alpha value is -1.16. The number of sulfonamides is 1. The Balaban J connectivity index is 0.00000288. The molecule has 1 fully saturated rings. The molecule has 4 N–H and O–H groups in total. The number of nitrogens with zero attached hydrogens (tertiary/aromatic N) is 2. The van der Waals surface area contributed by atoms with Gasteiger partial charge in [0, 0.05) is 25.8 Å². The summed E-state index contributed by atoms with van der Waals surface area (Å²) in [5, 5.41) is 6.67. The van der Waals surface area contributed by atoms with Gasteiger partial charge >= 0.3 is 0 Å². The van der Waals surface area contributed by atoms with Gasteiger partial charge in [-0.15, -0.1) is 12.4 Å². The third-order valence-electron chi connectivity index (χ3n) is 4.23. The third-order valence-corrected chi connectivity index (χ3v) is 5.59. The van der Waals surface area contributed by atoms with E-state index in [0.29, 0.717) is 12.5 Å². The Labute approximate surface area is 149 Å². The lowest BCUT2D eigenvalue weighted by Crippen LogP contribution is -2.49. The van der Waals surface area contributed by atoms with Gasteiger partial charge < -0.3 is 11.1 Å². The van der Waals surface area contributed by atoms with Gasteiger partial charge in [-0.1, -0.05) is 19.3 Å². The smallest absolute Gasteiger partial charge is 0.244 e. The molecular weight excluding hydrogens is 354 g/mol. The van der Waals surface area contributed by atoms with Gasteiger partial charge in [-0.2, -0.15) is 5.10 Å². The molecule has 0 radical (unpaired) electrons. The molecule has 0 aromatic carbocycles. The van der Waals surface area contributed by atoms with Crippen LogP contribution in [0, 0.1) is 5.92 Å². The van der Waals surface area contributed by atoms with Crippen molar-refractivity contribution in [2.75, 3.05) is 13.1 Å². The number of carbonyl (C=O) groups is 1. The molecular formula is C14H26ClN5O3S. The number of hydrogen-bond donors (Lipinski definition) is 3. The van der Waals surface area contributed by atoms with Gasteiger partial charge in [0.25, 0.3) is 0 Å². The van der Waals surface area contributed by atoms with Crippen molar-refractivity contribution < 1.29 is 13.2 Å². The Kier molecular flexibility index (Phi) is 8.14. The summed E-state index contributed by atoms with van der Waals surface area (Å²) < 4.78 is 27.8. The second kappa shape index (κ2) is 9.36. The van der Waals surface area contributed by atoms with Crippen LogP contribution < -0.4 is 15.8 Å². The molecule has 1 unspecified atom stereocenters. The molecule has 0 aliphatic heterocycles. The topological polar surface area (TPSA) is 119 Å². The van der Waals surface area contributed by atoms with E-state index in [1.807, 2.05) is 0 Å². The Bertz CT molecular complexity index is 628. The zero-order chi connectivity index (χ0) is 16.9. The number of halogens is 1. The Morgan fingerprint density at radius 2 is 2.08 bits per heavy atom. The van der Waals surface area contributed by atoms with Crippen molar-refractivity contribution in [3.63, 3.8) is 0 Å². The van der Waals surface area contributed by atoms with E-state index in [2.05, 4.69) is 15.1 Å². The first-order valence-corrected chi connectivity index (χ1v) is 9.38. The summed E-state index contributed by atoms with van der Waals surface area (Å²) in [5.41, 5.74) is 5.76. The van der Waals surface area contributed by atoms with Crippen LogP contribution in [0.2, 0.25) is 0 Å². The normalized spacial score (nSPS) is 17.1. The zero-order valence-corrected chi connectivity index (χ0v) is 15.4. The highest BCUT2D eigenvalue weighted by molar-refractivity contribution is 7.89. The van der Waals surface area contributed by atoms with E-state index in [-0.39, 0.29) is 35.8 Å². The highest BCUT2D eigenvalue weighted by atomic mass is 35.5. The van der Waals surface area contributed by atoms with Gasteiger partial charge in [0.2, 0.25) is 15.9 Å². The highest BCUT2D eigenvalue weighted by Gasteiger charge is 2.24. The first kappa shape index (κ1) is 20.9. The molecule has 8 nitrogen and oxygen atoms in total. The van der Waals surface area contributed by atoms with Gasteiger partial charge in [-0.05, 0) is 18.8 Å². The Morgan fingerprint density at radius 3 is 2.62 bits per heavy atom. The average Bonchev–Trinajstić information content (AvgIpc) is 2.99. The minimum atomic E-state index is -3.73. The van der Waals surface area contributed by atoms with E-state index >= 15 is 0 Å². The number of carbonyl (C=O) groups excluding carboxylic acids is 1. The maximum atomic E-state index is 12.0. The molecule has 0 spiro atoms. The largest absolute Gasteiger partial charge is 0.351 e. The summed E-state index contributed by atoms with van der Waals surface area (Å²) in [5.74, 6) is 0.0196. The van der Waals surface area contributed by atoms with Crippen LogP contribution in [0.4, 0.5) is 0 Å². The molecule has 1 heterocycles. The molecule has 1 saturated carbocycles. The molecule has 10 heteroatoms. The predicted molar refractivity (Wildman–Crippen MR) is 93.2 cm³/mol. The minimum Gasteiger partial charge on any atom is -0.351 e. The number of hydrogen-bond acceptors (Lipinski definition) is 5. The summed E-state index contributed by atoms with van der Waals surface area (Å²) in [6.45, 7) is 0.0617. The molecule has 1 aliphatic carbocycles. The van der Waals surface area contributed by atoms with Crippen LogP contribution >= 0.6 is 12.4 Å². The first-order valence-electron chi connectivity index (χ1n) is 7.90. The van der Waals surface area contributed by atoms with Crippen molar-refractivity contribution in [1.82, 2.24) is 19.8 Å². The fourth-order valence-corrected chi connectivity index (χ4v) is 3.91. The molecule has 0 saturated heterocycles. The van der Waals surface area contributed by atoms with Gasteiger partial charge in [-0.3, -0.25) is 9.48 Å². The molecule has 0 bridgehead atoms. The monoisotopic (exact) mass is 379 g/mol. The quantitative estimate of drug-likeness (QED) is 0.622. The number of nitrogens with two attached hydrogens (primary N) is 1. The second-order valence-corrected chi connectivity index (χ2v) is 7.75. The van der Waals surface area contributed by atoms with Crippen molar-refractivity contribution in [1.29, 1.82) is 0 Å². The van der Waals surface area contributed by atoms with Crippen molar-refractivity contribution in [3.05, 3.63) is 12.4 Å². The van der Waals surface area contributed by atoms with E-state index in [1.54, 1.807) is 7.05 Å². The minimum absolute atomic E-state index is 0. The SMILES string of the molecule is Cl.Cn1cc(S(=O)(=O)NCC(=O)NC(CN)C2CCCCC2)cn1. The average molecular weight is 380 g/mol. The lowest BCUT2D eigenvalue weighted by molar-refractivity contribution is -0.121. The summed E-state index contributed by atoms with van der Waals surface area (Å²) >= 11 is 0. The summed E-state index contributed by atoms with van der Waals surface area (Å²) in [6, 6.07) is -0.0919. The van der Waals surface area contributed by atoms with Gasteiger partial charge in [0.05, 0.1) is 12.7 Å². The summed E-state index contributed by atoms with van der Waals surface area (Å²) in [7, 11) is -2.10. The van der Waals surface area contributed by atoms with E-state index in [9.17, 15) is 13.2 Å². The molecule has 1 atom stereocenters. The van der Waals surface area contributed by atoms with Crippen LogP contribution in [0.15, 0.2) is 17.3 Å². The van der Waals surface area contributed by atoms with Crippen LogP contribution in [0.1, 0.15) is 32.1 Å². The first-order chi connectivity index (χ1) is 10.9. The zero-order valence-electron chi connectivity index (χ0n) is 13.8. The Morgan fingerprint density at radius 1 is 1.42 bits per heavy atom. The molecule has 24 heavy (non-hydrogen) atoms. The van der Waals surface area contributed by atoms with Crippen LogP contribution in [0.3, 0.4) is 0 Å². The number of aryl methyl sites for hydroxylation is 1. The summed E-state index contributed by atoms with van der Waals surface area (Å²) in [6.07, 6.45) is 8.28. The van der Waals surface area contributed by atoms with Gasteiger partial charge in [0.1, 0.15) is 4.90 Å². The molecule has 2 rings (SSSR count). The predicted octanol–water partition coefficient (Wildman–Crippen LogP) is 0.144. The van der Waals surface area contributed by atoms with Gasteiger partial charge in [0.15, 0.2) is 0 Å². The van der Waals surface area contributed by atoms with E-state index in [0.717, 1.165) is 25.7 Å². The molecule has 1 aromatic rings. The number of amides is 1. The molecule has 1 aliphatic rings. The maximum absolute atomic E-state index is 12.0. The van der Waals surface area contributed by atoms with Crippen LogP contribution in [0.5, 0.6) is 0 Å². The highest BCUT2D eigenvalue weighted by Crippen LogP contribution is 2.26. The van der Waals surface area contributed by atoms with Crippen LogP contribution in [-0.4, -0.2) is 43.2 Å². The summed E-state index contributed by atoms with van der Waals surface area (Å²) in [4.78, 5) is 12.1. The number of rotatable bonds is 7. The number of aromatic nitrogens is 2. The standard InChI is InChI=1S/C14H25N5O3S.ClH/c1-19-10-12(8-16-19)23(21,22)17-9-14(20)18-13(7-15)11-5-3-2-4-6-11;/h8,10-11,13,17H,2-7,9,15H2,1H3,(H,18,20);1H. The second-order valence-electron chi connectivity index (χ2n) is 5.98.